The van der Waals surface area contributed by atoms with E-state index in [9.17, 15) is 4.79 Å². The Morgan fingerprint density at radius 3 is 2.79 bits per heavy atom. The summed E-state index contributed by atoms with van der Waals surface area (Å²) in [6.45, 7) is 1.73. The van der Waals surface area contributed by atoms with Crippen LogP contribution in [0.4, 0.5) is 0 Å². The van der Waals surface area contributed by atoms with Crippen molar-refractivity contribution in [3.05, 3.63) is 70.2 Å². The van der Waals surface area contributed by atoms with Gasteiger partial charge in [0.05, 0.1) is 13.2 Å². The van der Waals surface area contributed by atoms with Crippen LogP contribution in [0.3, 0.4) is 0 Å². The number of nitrogens with zero attached hydrogens (tertiary/aromatic N) is 1. The zero-order chi connectivity index (χ0) is 16.9. The van der Waals surface area contributed by atoms with Crippen LogP contribution in [0.15, 0.2) is 59.1 Å². The molecule has 0 spiro atoms. The van der Waals surface area contributed by atoms with Gasteiger partial charge in [0.2, 0.25) is 5.91 Å². The van der Waals surface area contributed by atoms with E-state index in [1.165, 1.54) is 0 Å². The zero-order valence-corrected chi connectivity index (χ0v) is 15.0. The molecule has 0 radical (unpaired) electrons. The number of carbonyl (C=O) groups excluding carboxylic acids is 1. The molecule has 1 heterocycles. The van der Waals surface area contributed by atoms with Gasteiger partial charge in [-0.15, -0.1) is 0 Å². The van der Waals surface area contributed by atoms with Crippen LogP contribution < -0.4 is 5.73 Å². The van der Waals surface area contributed by atoms with Gasteiger partial charge in [-0.1, -0.05) is 58.4 Å². The predicted octanol–water partition coefficient (Wildman–Crippen LogP) is 3.44. The van der Waals surface area contributed by atoms with Crippen molar-refractivity contribution in [1.82, 2.24) is 4.90 Å². The summed E-state index contributed by atoms with van der Waals surface area (Å²) in [6.07, 6.45) is 0.225. The number of halogens is 1. The highest BCUT2D eigenvalue weighted by Crippen LogP contribution is 2.25. The molecule has 2 unspecified atom stereocenters. The van der Waals surface area contributed by atoms with E-state index in [0.717, 1.165) is 15.6 Å². The lowest BCUT2D eigenvalue weighted by Crippen LogP contribution is -2.43. The largest absolute Gasteiger partial charge is 0.370 e. The SMILES string of the molecule is NC(CC(=O)N1CCOC(c2cccc(Br)c2)C1)c1ccccc1. The van der Waals surface area contributed by atoms with E-state index in [0.29, 0.717) is 26.1 Å². The van der Waals surface area contributed by atoms with E-state index < -0.39 is 0 Å². The monoisotopic (exact) mass is 388 g/mol. The van der Waals surface area contributed by atoms with Gasteiger partial charge in [0.15, 0.2) is 0 Å². The lowest BCUT2D eigenvalue weighted by molar-refractivity contribution is -0.139. The number of benzene rings is 2. The molecule has 0 bridgehead atoms. The summed E-state index contributed by atoms with van der Waals surface area (Å²) in [5, 5.41) is 0. The third-order valence-corrected chi connectivity index (χ3v) is 4.76. The molecule has 1 aliphatic rings. The number of ether oxygens (including phenoxy) is 1. The van der Waals surface area contributed by atoms with Gasteiger partial charge in [0, 0.05) is 23.5 Å². The van der Waals surface area contributed by atoms with Crippen LogP contribution in [0.5, 0.6) is 0 Å². The number of amides is 1. The lowest BCUT2D eigenvalue weighted by atomic mass is 10.0. The number of nitrogens with two attached hydrogens (primary N) is 1. The predicted molar refractivity (Wildman–Crippen MR) is 97.4 cm³/mol. The number of hydrogen-bond donors (Lipinski definition) is 1. The molecule has 5 heteroatoms. The molecule has 1 fully saturated rings. The molecule has 0 saturated carbocycles. The van der Waals surface area contributed by atoms with E-state index in [-0.39, 0.29) is 18.1 Å². The summed E-state index contributed by atoms with van der Waals surface area (Å²) >= 11 is 3.48. The molecule has 0 aromatic heterocycles. The van der Waals surface area contributed by atoms with Crippen molar-refractivity contribution in [2.45, 2.75) is 18.6 Å². The van der Waals surface area contributed by atoms with Gasteiger partial charge in [-0.2, -0.15) is 0 Å². The Hall–Kier alpha value is -1.69. The quantitative estimate of drug-likeness (QED) is 0.872. The van der Waals surface area contributed by atoms with Crippen molar-refractivity contribution in [2.75, 3.05) is 19.7 Å². The molecule has 2 atom stereocenters. The van der Waals surface area contributed by atoms with Crippen molar-refractivity contribution in [1.29, 1.82) is 0 Å². The Morgan fingerprint density at radius 2 is 2.04 bits per heavy atom. The molecule has 3 rings (SSSR count). The normalized spacial score (nSPS) is 19.1. The summed E-state index contributed by atoms with van der Waals surface area (Å²) in [5.74, 6) is 0.0784. The van der Waals surface area contributed by atoms with Crippen molar-refractivity contribution < 1.29 is 9.53 Å². The van der Waals surface area contributed by atoms with Crippen LogP contribution in [0, 0.1) is 0 Å². The fraction of sp³-hybridized carbons (Fsp3) is 0.316. The molecule has 126 valence electrons. The van der Waals surface area contributed by atoms with Crippen LogP contribution in [-0.4, -0.2) is 30.5 Å². The van der Waals surface area contributed by atoms with Gasteiger partial charge in [0.1, 0.15) is 6.10 Å². The molecular formula is C19H21BrN2O2. The molecule has 0 aliphatic carbocycles. The third-order valence-electron chi connectivity index (χ3n) is 4.26. The average Bonchev–Trinajstić information content (AvgIpc) is 2.62. The second-order valence-corrected chi connectivity index (χ2v) is 6.89. The van der Waals surface area contributed by atoms with E-state index in [1.54, 1.807) is 0 Å². The number of hydrogen-bond acceptors (Lipinski definition) is 3. The Labute approximate surface area is 150 Å². The molecule has 2 aromatic carbocycles. The van der Waals surface area contributed by atoms with Gasteiger partial charge >= 0.3 is 0 Å². The topological polar surface area (TPSA) is 55.6 Å². The maximum Gasteiger partial charge on any atom is 0.224 e. The van der Waals surface area contributed by atoms with Crippen LogP contribution in [-0.2, 0) is 9.53 Å². The summed E-state index contributed by atoms with van der Waals surface area (Å²) in [7, 11) is 0. The van der Waals surface area contributed by atoms with E-state index in [2.05, 4.69) is 15.9 Å². The van der Waals surface area contributed by atoms with Crippen molar-refractivity contribution >= 4 is 21.8 Å². The molecule has 1 amide bonds. The molecule has 1 aliphatic heterocycles. The first-order chi connectivity index (χ1) is 11.6. The smallest absolute Gasteiger partial charge is 0.224 e. The number of carbonyl (C=O) groups is 1. The molecule has 4 nitrogen and oxygen atoms in total. The number of morpholine rings is 1. The lowest BCUT2D eigenvalue weighted by Gasteiger charge is -2.34. The van der Waals surface area contributed by atoms with Crippen molar-refractivity contribution in [3.8, 4) is 0 Å². The Bertz CT molecular complexity index is 693. The summed E-state index contributed by atoms with van der Waals surface area (Å²) in [4.78, 5) is 14.5. The Balaban J connectivity index is 1.63. The minimum Gasteiger partial charge on any atom is -0.370 e. The van der Waals surface area contributed by atoms with Crippen molar-refractivity contribution in [3.63, 3.8) is 0 Å². The fourth-order valence-electron chi connectivity index (χ4n) is 2.92. The molecule has 2 N–H and O–H groups in total. The molecule has 1 saturated heterocycles. The van der Waals surface area contributed by atoms with Gasteiger partial charge in [-0.05, 0) is 23.3 Å². The van der Waals surface area contributed by atoms with Crippen LogP contribution in [0.25, 0.3) is 0 Å². The highest BCUT2D eigenvalue weighted by Gasteiger charge is 2.26. The highest BCUT2D eigenvalue weighted by atomic mass is 79.9. The molecule has 2 aromatic rings. The summed E-state index contributed by atoms with van der Waals surface area (Å²) in [5.41, 5.74) is 8.25. The first kappa shape index (κ1) is 17.1. The first-order valence-corrected chi connectivity index (χ1v) is 8.88. The van der Waals surface area contributed by atoms with E-state index in [1.807, 2.05) is 59.5 Å². The zero-order valence-electron chi connectivity index (χ0n) is 13.4. The Kier molecular flexibility index (Phi) is 5.66. The minimum absolute atomic E-state index is 0.0784. The maximum absolute atomic E-state index is 12.6. The highest BCUT2D eigenvalue weighted by molar-refractivity contribution is 9.10. The number of rotatable bonds is 4. The van der Waals surface area contributed by atoms with Gasteiger partial charge in [-0.3, -0.25) is 4.79 Å². The van der Waals surface area contributed by atoms with Crippen molar-refractivity contribution in [2.24, 2.45) is 5.73 Å². The first-order valence-electron chi connectivity index (χ1n) is 8.09. The van der Waals surface area contributed by atoms with E-state index in [4.69, 9.17) is 10.5 Å². The van der Waals surface area contributed by atoms with Gasteiger partial charge < -0.3 is 15.4 Å². The molecule has 24 heavy (non-hydrogen) atoms. The average molecular weight is 389 g/mol. The van der Waals surface area contributed by atoms with Crippen LogP contribution >= 0.6 is 15.9 Å². The summed E-state index contributed by atoms with van der Waals surface area (Å²) < 4.78 is 6.86. The van der Waals surface area contributed by atoms with E-state index >= 15 is 0 Å². The minimum atomic E-state index is -0.272. The van der Waals surface area contributed by atoms with Gasteiger partial charge in [0.25, 0.3) is 0 Å². The third kappa shape index (κ3) is 4.23. The van der Waals surface area contributed by atoms with Gasteiger partial charge in [-0.25, -0.2) is 0 Å². The standard InChI is InChI=1S/C19H21BrN2O2/c20-16-8-4-7-15(11-16)18-13-22(9-10-24-18)19(23)12-17(21)14-5-2-1-3-6-14/h1-8,11,17-18H,9-10,12-13,21H2. The maximum atomic E-state index is 12.6. The second-order valence-electron chi connectivity index (χ2n) is 5.98. The Morgan fingerprint density at radius 1 is 1.25 bits per heavy atom. The van der Waals surface area contributed by atoms with Crippen LogP contribution in [0.1, 0.15) is 29.7 Å². The summed E-state index contributed by atoms with van der Waals surface area (Å²) in [6, 6.07) is 17.5. The second kappa shape index (κ2) is 7.92. The van der Waals surface area contributed by atoms with Crippen LogP contribution in [0.2, 0.25) is 0 Å². The molecular weight excluding hydrogens is 368 g/mol. The fourth-order valence-corrected chi connectivity index (χ4v) is 3.34.